The van der Waals surface area contributed by atoms with Crippen molar-refractivity contribution >= 4 is 9.84 Å². The molecule has 1 aromatic heterocycles. The van der Waals surface area contributed by atoms with Crippen LogP contribution in [0.5, 0.6) is 0 Å². The Morgan fingerprint density at radius 2 is 2.44 bits per heavy atom. The van der Waals surface area contributed by atoms with E-state index >= 15 is 0 Å². The number of hydrogen-bond donors (Lipinski definition) is 2. The molecule has 1 saturated heterocycles. The van der Waals surface area contributed by atoms with Crippen LogP contribution in [0, 0.1) is 5.92 Å². The molecule has 6 nitrogen and oxygen atoms in total. The number of nitrogens with zero attached hydrogens (tertiary/aromatic N) is 2. The van der Waals surface area contributed by atoms with Gasteiger partial charge in [-0.15, -0.1) is 0 Å². The van der Waals surface area contributed by atoms with Gasteiger partial charge in [0.15, 0.2) is 9.84 Å². The zero-order chi connectivity index (χ0) is 13.2. The highest BCUT2D eigenvalue weighted by molar-refractivity contribution is 7.91. The summed E-state index contributed by atoms with van der Waals surface area (Å²) in [5.74, 6) is 6.23. The normalized spacial score (nSPS) is 24.2. The highest BCUT2D eigenvalue weighted by atomic mass is 32.2. The number of aryl methyl sites for hydroxylation is 2. The molecule has 1 aliphatic heterocycles. The Morgan fingerprint density at radius 3 is 2.94 bits per heavy atom. The highest BCUT2D eigenvalue weighted by Crippen LogP contribution is 2.24. The largest absolute Gasteiger partial charge is 0.276 e. The Kier molecular flexibility index (Phi) is 4.04. The van der Waals surface area contributed by atoms with Gasteiger partial charge < -0.3 is 0 Å². The molecule has 0 aliphatic carbocycles. The maximum Gasteiger partial charge on any atom is 0.150 e. The van der Waals surface area contributed by atoms with Crippen molar-refractivity contribution in [3.8, 4) is 0 Å². The molecular formula is C11H20N4O2S. The average Bonchev–Trinajstić information content (AvgIpc) is 2.86. The molecule has 1 fully saturated rings. The first-order chi connectivity index (χ1) is 8.50. The van der Waals surface area contributed by atoms with Gasteiger partial charge in [-0.1, -0.05) is 0 Å². The number of aromatic nitrogens is 2. The van der Waals surface area contributed by atoms with Gasteiger partial charge in [-0.2, -0.15) is 5.10 Å². The molecule has 1 aliphatic rings. The lowest BCUT2D eigenvalue weighted by atomic mass is 9.94. The Labute approximate surface area is 107 Å². The van der Waals surface area contributed by atoms with E-state index in [1.165, 1.54) is 0 Å². The molecule has 0 bridgehead atoms. The van der Waals surface area contributed by atoms with Gasteiger partial charge in [0.25, 0.3) is 0 Å². The lowest BCUT2D eigenvalue weighted by molar-refractivity contribution is 0.367. The zero-order valence-electron chi connectivity index (χ0n) is 10.5. The highest BCUT2D eigenvalue weighted by Gasteiger charge is 2.32. The van der Waals surface area contributed by atoms with E-state index in [1.54, 1.807) is 4.68 Å². The van der Waals surface area contributed by atoms with Crippen LogP contribution in [0.1, 0.15) is 18.4 Å². The molecule has 0 aromatic carbocycles. The van der Waals surface area contributed by atoms with Crippen LogP contribution in [-0.4, -0.2) is 35.7 Å². The smallest absolute Gasteiger partial charge is 0.150 e. The third kappa shape index (κ3) is 3.30. The minimum atomic E-state index is -2.84. The van der Waals surface area contributed by atoms with Crippen LogP contribution in [-0.2, 0) is 23.3 Å². The molecule has 2 atom stereocenters. The predicted molar refractivity (Wildman–Crippen MR) is 69.4 cm³/mol. The van der Waals surface area contributed by atoms with E-state index < -0.39 is 9.84 Å². The van der Waals surface area contributed by atoms with Crippen molar-refractivity contribution in [1.29, 1.82) is 0 Å². The van der Waals surface area contributed by atoms with Crippen LogP contribution < -0.4 is 11.3 Å². The summed E-state index contributed by atoms with van der Waals surface area (Å²) in [4.78, 5) is 0. The van der Waals surface area contributed by atoms with E-state index in [1.807, 2.05) is 19.4 Å². The van der Waals surface area contributed by atoms with Gasteiger partial charge in [-0.25, -0.2) is 8.42 Å². The molecule has 0 radical (unpaired) electrons. The number of hydrazine groups is 1. The topological polar surface area (TPSA) is 90.0 Å². The molecule has 0 spiro atoms. The van der Waals surface area contributed by atoms with Crippen LogP contribution >= 0.6 is 0 Å². The van der Waals surface area contributed by atoms with Crippen LogP contribution in [0.3, 0.4) is 0 Å². The Balaban J connectivity index is 1.90. The summed E-state index contributed by atoms with van der Waals surface area (Å²) < 4.78 is 24.7. The number of nitrogens with one attached hydrogen (secondary N) is 1. The number of nitrogens with two attached hydrogens (primary N) is 1. The molecular weight excluding hydrogens is 252 g/mol. The standard InChI is InChI=1S/C11H20N4O2S/c1-15-7-9(6-13-15)2-3-11(14-12)10-4-5-18(16,17)8-10/h6-7,10-11,14H,2-5,8,12H2,1H3. The van der Waals surface area contributed by atoms with Gasteiger partial charge in [0.1, 0.15) is 0 Å². The van der Waals surface area contributed by atoms with Gasteiger partial charge in [-0.3, -0.25) is 16.0 Å². The lowest BCUT2D eigenvalue weighted by Crippen LogP contribution is -2.41. The third-order valence-corrected chi connectivity index (χ3v) is 5.35. The fraction of sp³-hybridized carbons (Fsp3) is 0.727. The van der Waals surface area contributed by atoms with E-state index in [4.69, 9.17) is 5.84 Å². The van der Waals surface area contributed by atoms with Crippen molar-refractivity contribution in [2.24, 2.45) is 18.8 Å². The Hall–Kier alpha value is -0.920. The predicted octanol–water partition coefficient (Wildman–Crippen LogP) is -0.381. The molecule has 7 heteroatoms. The molecule has 1 aromatic rings. The first-order valence-electron chi connectivity index (χ1n) is 6.14. The van der Waals surface area contributed by atoms with Crippen molar-refractivity contribution in [3.63, 3.8) is 0 Å². The average molecular weight is 272 g/mol. The van der Waals surface area contributed by atoms with Gasteiger partial charge in [0.05, 0.1) is 17.7 Å². The molecule has 102 valence electrons. The van der Waals surface area contributed by atoms with Gasteiger partial charge in [0, 0.05) is 19.3 Å². The van der Waals surface area contributed by atoms with Crippen LogP contribution in [0.2, 0.25) is 0 Å². The quantitative estimate of drug-likeness (QED) is 0.563. The molecule has 0 amide bonds. The summed E-state index contributed by atoms with van der Waals surface area (Å²) in [6.07, 6.45) is 6.21. The molecule has 3 N–H and O–H groups in total. The van der Waals surface area contributed by atoms with Crippen molar-refractivity contribution in [1.82, 2.24) is 15.2 Å². The minimum Gasteiger partial charge on any atom is -0.276 e. The summed E-state index contributed by atoms with van der Waals surface area (Å²) in [5.41, 5.74) is 3.92. The second-order valence-corrected chi connectivity index (χ2v) is 7.23. The maximum absolute atomic E-state index is 11.5. The first-order valence-corrected chi connectivity index (χ1v) is 7.96. The monoisotopic (exact) mass is 272 g/mol. The van der Waals surface area contributed by atoms with E-state index in [9.17, 15) is 8.42 Å². The second-order valence-electron chi connectivity index (χ2n) is 5.00. The maximum atomic E-state index is 11.5. The van der Waals surface area contributed by atoms with Crippen molar-refractivity contribution in [3.05, 3.63) is 18.0 Å². The van der Waals surface area contributed by atoms with Gasteiger partial charge >= 0.3 is 0 Å². The fourth-order valence-electron chi connectivity index (χ4n) is 2.52. The SMILES string of the molecule is Cn1cc(CCC(NN)C2CCS(=O)(=O)C2)cn1. The molecule has 2 heterocycles. The van der Waals surface area contributed by atoms with E-state index in [0.29, 0.717) is 12.2 Å². The van der Waals surface area contributed by atoms with Crippen LogP contribution in [0.25, 0.3) is 0 Å². The molecule has 2 rings (SSSR count). The Bertz CT molecular complexity index is 497. The summed E-state index contributed by atoms with van der Waals surface area (Å²) in [5, 5.41) is 4.11. The molecule has 2 unspecified atom stereocenters. The van der Waals surface area contributed by atoms with E-state index in [2.05, 4.69) is 10.5 Å². The van der Waals surface area contributed by atoms with E-state index in [-0.39, 0.29) is 17.7 Å². The zero-order valence-corrected chi connectivity index (χ0v) is 11.4. The number of rotatable bonds is 5. The fourth-order valence-corrected chi connectivity index (χ4v) is 4.40. The summed E-state index contributed by atoms with van der Waals surface area (Å²) in [6, 6.07) is 0.0579. The van der Waals surface area contributed by atoms with Crippen LogP contribution in [0.15, 0.2) is 12.4 Å². The molecule has 18 heavy (non-hydrogen) atoms. The van der Waals surface area contributed by atoms with Crippen molar-refractivity contribution in [2.75, 3.05) is 11.5 Å². The first kappa shape index (κ1) is 13.5. The Morgan fingerprint density at radius 1 is 1.67 bits per heavy atom. The third-order valence-electron chi connectivity index (χ3n) is 3.55. The molecule has 0 saturated carbocycles. The summed E-state index contributed by atoms with van der Waals surface area (Å²) >= 11 is 0. The van der Waals surface area contributed by atoms with Crippen LogP contribution in [0.4, 0.5) is 0 Å². The van der Waals surface area contributed by atoms with Gasteiger partial charge in [-0.05, 0) is 30.7 Å². The van der Waals surface area contributed by atoms with Crippen molar-refractivity contribution in [2.45, 2.75) is 25.3 Å². The minimum absolute atomic E-state index is 0.0579. The lowest BCUT2D eigenvalue weighted by Gasteiger charge is -2.21. The van der Waals surface area contributed by atoms with Crippen molar-refractivity contribution < 1.29 is 8.42 Å². The van der Waals surface area contributed by atoms with E-state index in [0.717, 1.165) is 18.4 Å². The summed E-state index contributed by atoms with van der Waals surface area (Å²) in [7, 11) is -0.961. The summed E-state index contributed by atoms with van der Waals surface area (Å²) in [6.45, 7) is 0. The second kappa shape index (κ2) is 5.38. The van der Waals surface area contributed by atoms with Gasteiger partial charge in [0.2, 0.25) is 0 Å². The number of sulfone groups is 1. The number of hydrogen-bond acceptors (Lipinski definition) is 5.